The molecule has 0 saturated heterocycles. The highest BCUT2D eigenvalue weighted by atomic mass is 35.5. The van der Waals surface area contributed by atoms with Gasteiger partial charge in [0.15, 0.2) is 0 Å². The number of rotatable bonds is 4. The molecule has 0 aliphatic carbocycles. The average molecular weight is 374 g/mol. The lowest BCUT2D eigenvalue weighted by Crippen LogP contribution is -2.13. The predicted molar refractivity (Wildman–Crippen MR) is 96.1 cm³/mol. The van der Waals surface area contributed by atoms with Crippen LogP contribution in [0.2, 0.25) is 5.02 Å². The van der Waals surface area contributed by atoms with Crippen molar-refractivity contribution in [2.24, 2.45) is 0 Å². The van der Waals surface area contributed by atoms with E-state index in [0.29, 0.717) is 15.7 Å². The molecular weight excluding hydrogens is 362 g/mol. The molecule has 6 nitrogen and oxygen atoms in total. The number of anilines is 1. The minimum Gasteiger partial charge on any atom is -0.465 e. The summed E-state index contributed by atoms with van der Waals surface area (Å²) >= 11 is 7.44. The van der Waals surface area contributed by atoms with Crippen LogP contribution in [0.5, 0.6) is 0 Å². The van der Waals surface area contributed by atoms with Gasteiger partial charge in [-0.1, -0.05) is 11.6 Å². The molecule has 1 aromatic carbocycles. The maximum absolute atomic E-state index is 12.4. The lowest BCUT2D eigenvalue weighted by atomic mass is 10.2. The van der Waals surface area contributed by atoms with Crippen LogP contribution in [-0.2, 0) is 4.74 Å². The summed E-state index contributed by atoms with van der Waals surface area (Å²) in [6.45, 7) is 0. The van der Waals surface area contributed by atoms with Crippen molar-refractivity contribution >= 4 is 40.5 Å². The summed E-state index contributed by atoms with van der Waals surface area (Å²) in [7, 11) is 1.28. The van der Waals surface area contributed by atoms with E-state index in [9.17, 15) is 9.59 Å². The van der Waals surface area contributed by atoms with Crippen LogP contribution in [-0.4, -0.2) is 29.0 Å². The number of halogens is 1. The van der Waals surface area contributed by atoms with E-state index >= 15 is 0 Å². The molecule has 3 aromatic rings. The number of pyridine rings is 1. The smallest absolute Gasteiger partial charge is 0.337 e. The highest BCUT2D eigenvalue weighted by Crippen LogP contribution is 2.26. The minimum atomic E-state index is -0.513. The van der Waals surface area contributed by atoms with E-state index in [1.165, 1.54) is 36.6 Å². The Hall–Kier alpha value is -2.77. The zero-order valence-corrected chi connectivity index (χ0v) is 14.6. The van der Waals surface area contributed by atoms with Crippen LogP contribution in [0.25, 0.3) is 10.6 Å². The number of carbonyl (C=O) groups is 2. The van der Waals surface area contributed by atoms with Crippen molar-refractivity contribution in [2.75, 3.05) is 12.4 Å². The van der Waals surface area contributed by atoms with Gasteiger partial charge in [-0.25, -0.2) is 9.78 Å². The van der Waals surface area contributed by atoms with Gasteiger partial charge in [0.2, 0.25) is 0 Å². The predicted octanol–water partition coefficient (Wildman–Crippen LogP) is 3.90. The molecule has 2 aromatic heterocycles. The Bertz CT molecular complexity index is 928. The van der Waals surface area contributed by atoms with Crippen LogP contribution in [0.4, 0.5) is 5.69 Å². The normalized spacial score (nSPS) is 10.3. The highest BCUT2D eigenvalue weighted by Gasteiger charge is 2.15. The van der Waals surface area contributed by atoms with Gasteiger partial charge in [-0.05, 0) is 30.3 Å². The topological polar surface area (TPSA) is 81.2 Å². The van der Waals surface area contributed by atoms with Crippen molar-refractivity contribution in [2.45, 2.75) is 0 Å². The maximum Gasteiger partial charge on any atom is 0.337 e. The number of benzene rings is 1. The van der Waals surface area contributed by atoms with Gasteiger partial charge in [-0.2, -0.15) is 0 Å². The van der Waals surface area contributed by atoms with Crippen LogP contribution < -0.4 is 5.32 Å². The number of hydrogen-bond donors (Lipinski definition) is 1. The van der Waals surface area contributed by atoms with E-state index in [2.05, 4.69) is 20.0 Å². The average Bonchev–Trinajstić information content (AvgIpc) is 3.14. The lowest BCUT2D eigenvalue weighted by molar-refractivity contribution is 0.0600. The fourth-order valence-corrected chi connectivity index (χ4v) is 3.03. The van der Waals surface area contributed by atoms with Gasteiger partial charge in [0.05, 0.1) is 23.4 Å². The van der Waals surface area contributed by atoms with Crippen molar-refractivity contribution in [3.63, 3.8) is 0 Å². The largest absolute Gasteiger partial charge is 0.465 e. The van der Waals surface area contributed by atoms with Gasteiger partial charge in [-0.15, -0.1) is 11.3 Å². The van der Waals surface area contributed by atoms with Crippen molar-refractivity contribution in [3.8, 4) is 10.6 Å². The zero-order valence-electron chi connectivity index (χ0n) is 13.0. The van der Waals surface area contributed by atoms with Gasteiger partial charge in [0.1, 0.15) is 10.7 Å². The molecule has 0 atom stereocenters. The summed E-state index contributed by atoms with van der Waals surface area (Å²) < 4.78 is 4.66. The van der Waals surface area contributed by atoms with Crippen LogP contribution in [0.15, 0.2) is 48.1 Å². The van der Waals surface area contributed by atoms with Crippen molar-refractivity contribution in [1.82, 2.24) is 9.97 Å². The summed E-state index contributed by atoms with van der Waals surface area (Å²) in [5.41, 5.74) is 1.74. The third kappa shape index (κ3) is 3.84. The van der Waals surface area contributed by atoms with Crippen LogP contribution in [0, 0.1) is 0 Å². The molecule has 0 bridgehead atoms. The monoisotopic (exact) mass is 373 g/mol. The van der Waals surface area contributed by atoms with E-state index in [4.69, 9.17) is 11.6 Å². The second-order valence-corrected chi connectivity index (χ2v) is 6.18. The molecule has 1 amide bonds. The number of methoxy groups -OCH3 is 1. The molecule has 0 radical (unpaired) electrons. The van der Waals surface area contributed by atoms with Crippen molar-refractivity contribution in [3.05, 3.63) is 64.4 Å². The molecule has 25 heavy (non-hydrogen) atoms. The molecule has 0 fully saturated rings. The molecule has 0 saturated carbocycles. The molecular formula is C17H12ClN3O3S. The minimum absolute atomic E-state index is 0.261. The Labute approximate surface area is 152 Å². The molecule has 0 spiro atoms. The zero-order chi connectivity index (χ0) is 17.8. The van der Waals surface area contributed by atoms with Gasteiger partial charge in [-0.3, -0.25) is 9.78 Å². The van der Waals surface area contributed by atoms with Crippen LogP contribution in [0.1, 0.15) is 20.8 Å². The highest BCUT2D eigenvalue weighted by molar-refractivity contribution is 7.13. The number of ether oxygens (including phenoxy) is 1. The first-order valence-electron chi connectivity index (χ1n) is 7.13. The Balaban J connectivity index is 1.81. The van der Waals surface area contributed by atoms with Gasteiger partial charge in [0.25, 0.3) is 5.91 Å². The number of nitrogens with zero attached hydrogens (tertiary/aromatic N) is 2. The first kappa shape index (κ1) is 17.1. The molecule has 126 valence electrons. The lowest BCUT2D eigenvalue weighted by Gasteiger charge is -2.07. The quantitative estimate of drug-likeness (QED) is 0.701. The Morgan fingerprint density at radius 3 is 2.68 bits per heavy atom. The summed E-state index contributed by atoms with van der Waals surface area (Å²) in [6.07, 6.45) is 3.32. The van der Waals surface area contributed by atoms with Crippen LogP contribution >= 0.6 is 22.9 Å². The van der Waals surface area contributed by atoms with Crippen LogP contribution in [0.3, 0.4) is 0 Å². The number of thiazole rings is 1. The SMILES string of the molecule is COC(=O)c1ccc(Cl)c(NC(=O)c2csc(-c3ccncc3)n2)c1. The first-order chi connectivity index (χ1) is 12.1. The number of nitrogens with one attached hydrogen (secondary N) is 1. The number of esters is 1. The maximum atomic E-state index is 12.4. The second-order valence-electron chi connectivity index (χ2n) is 4.91. The summed E-state index contributed by atoms with van der Waals surface area (Å²) in [5, 5.41) is 5.34. The second kappa shape index (κ2) is 7.42. The molecule has 0 aliphatic heterocycles. The standard InChI is InChI=1S/C17H12ClN3O3S/c1-24-17(23)11-2-3-12(18)13(8-11)20-15(22)14-9-25-16(21-14)10-4-6-19-7-5-10/h2-9H,1H3,(H,20,22). The molecule has 0 unspecified atom stereocenters. The van der Waals surface area contributed by atoms with Gasteiger partial charge in [0, 0.05) is 23.3 Å². The Morgan fingerprint density at radius 2 is 1.96 bits per heavy atom. The third-order valence-electron chi connectivity index (χ3n) is 3.30. The molecule has 8 heteroatoms. The fourth-order valence-electron chi connectivity index (χ4n) is 2.06. The Kier molecular flexibility index (Phi) is 5.06. The van der Waals surface area contributed by atoms with E-state index in [0.717, 1.165) is 5.56 Å². The van der Waals surface area contributed by atoms with E-state index in [-0.39, 0.29) is 11.3 Å². The molecule has 1 N–H and O–H groups in total. The fraction of sp³-hybridized carbons (Fsp3) is 0.0588. The molecule has 3 rings (SSSR count). The number of carbonyl (C=O) groups excluding carboxylic acids is 2. The van der Waals surface area contributed by atoms with Gasteiger partial charge < -0.3 is 10.1 Å². The summed E-state index contributed by atoms with van der Waals surface area (Å²) in [5.74, 6) is -0.929. The Morgan fingerprint density at radius 1 is 1.20 bits per heavy atom. The number of amides is 1. The van der Waals surface area contributed by atoms with Gasteiger partial charge >= 0.3 is 5.97 Å². The molecule has 2 heterocycles. The number of hydrogen-bond acceptors (Lipinski definition) is 6. The molecule has 0 aliphatic rings. The first-order valence-corrected chi connectivity index (χ1v) is 8.39. The van der Waals surface area contributed by atoms with Crippen molar-refractivity contribution < 1.29 is 14.3 Å². The summed E-state index contributed by atoms with van der Waals surface area (Å²) in [6, 6.07) is 8.14. The third-order valence-corrected chi connectivity index (χ3v) is 4.52. The van der Waals surface area contributed by atoms with E-state index in [1.54, 1.807) is 17.8 Å². The van der Waals surface area contributed by atoms with Crippen molar-refractivity contribution in [1.29, 1.82) is 0 Å². The van der Waals surface area contributed by atoms with E-state index < -0.39 is 11.9 Å². The summed E-state index contributed by atoms with van der Waals surface area (Å²) in [4.78, 5) is 32.3. The number of aromatic nitrogens is 2. The van der Waals surface area contributed by atoms with E-state index in [1.807, 2.05) is 12.1 Å².